The summed E-state index contributed by atoms with van der Waals surface area (Å²) in [6, 6.07) is 6.21. The Morgan fingerprint density at radius 2 is 1.94 bits per heavy atom. The molecule has 1 fully saturated rings. The fourth-order valence-electron chi connectivity index (χ4n) is 4.15. The number of rotatable bonds is 5. The van der Waals surface area contributed by atoms with Gasteiger partial charge in [-0.2, -0.15) is 0 Å². The van der Waals surface area contributed by atoms with E-state index in [2.05, 4.69) is 0 Å². The molecule has 3 aliphatic heterocycles. The van der Waals surface area contributed by atoms with Gasteiger partial charge in [-0.25, -0.2) is 9.79 Å². The lowest BCUT2D eigenvalue weighted by Crippen LogP contribution is -2.65. The fraction of sp³-hybridized carbons (Fsp3) is 0.429. The number of esters is 1. The summed E-state index contributed by atoms with van der Waals surface area (Å²) in [5, 5.41) is 0. The Kier molecular flexibility index (Phi) is 5.08. The van der Waals surface area contributed by atoms with Crippen LogP contribution >= 0.6 is 0 Å². The Balaban J connectivity index is 1.71. The molecular weight excluding hydrogens is 402 g/mol. The smallest absolute Gasteiger partial charge is 0.328 e. The molecule has 3 heterocycles. The second-order valence-corrected chi connectivity index (χ2v) is 7.49. The summed E-state index contributed by atoms with van der Waals surface area (Å²) < 4.78 is 10.3. The SMILES string of the molecule is CCOC(=O)CN1C(=O)C2C(N=C3N(c4cccc(OC)c4)C(C)=C(C)N32)N(C)C1=O. The number of ether oxygens (including phenoxy) is 2. The Labute approximate surface area is 180 Å². The Bertz CT molecular complexity index is 1020. The summed E-state index contributed by atoms with van der Waals surface area (Å²) in [5.74, 6) is 0.156. The van der Waals surface area contributed by atoms with Gasteiger partial charge in [-0.3, -0.25) is 24.3 Å². The first-order valence-electron chi connectivity index (χ1n) is 10.0. The zero-order chi connectivity index (χ0) is 22.4. The number of allylic oxidation sites excluding steroid dienone is 2. The van der Waals surface area contributed by atoms with E-state index in [4.69, 9.17) is 14.5 Å². The number of aliphatic imine (C=N–C) groups is 1. The Hall–Kier alpha value is -3.56. The van der Waals surface area contributed by atoms with E-state index >= 15 is 0 Å². The summed E-state index contributed by atoms with van der Waals surface area (Å²) in [4.78, 5) is 49.0. The van der Waals surface area contributed by atoms with Crippen LogP contribution in [0, 0.1) is 0 Å². The molecule has 1 aromatic carbocycles. The third-order valence-electron chi connectivity index (χ3n) is 5.80. The number of amides is 3. The van der Waals surface area contributed by atoms with Crippen LogP contribution in [0.4, 0.5) is 10.5 Å². The third-order valence-corrected chi connectivity index (χ3v) is 5.80. The van der Waals surface area contributed by atoms with Crippen molar-refractivity contribution < 1.29 is 23.9 Å². The number of urea groups is 1. The van der Waals surface area contributed by atoms with E-state index in [0.717, 1.165) is 22.0 Å². The molecule has 0 aromatic heterocycles. The van der Waals surface area contributed by atoms with Crippen molar-refractivity contribution in [3.8, 4) is 5.75 Å². The van der Waals surface area contributed by atoms with Crippen LogP contribution in [0.5, 0.6) is 5.75 Å². The van der Waals surface area contributed by atoms with Crippen LogP contribution in [-0.2, 0) is 14.3 Å². The molecule has 0 bridgehead atoms. The number of benzene rings is 1. The van der Waals surface area contributed by atoms with Gasteiger partial charge >= 0.3 is 12.0 Å². The topological polar surface area (TPSA) is 95.0 Å². The lowest BCUT2D eigenvalue weighted by atomic mass is 10.1. The molecule has 164 valence electrons. The molecule has 0 aliphatic carbocycles. The van der Waals surface area contributed by atoms with Crippen molar-refractivity contribution in [1.82, 2.24) is 14.7 Å². The summed E-state index contributed by atoms with van der Waals surface area (Å²) in [6.07, 6.45) is -0.690. The van der Waals surface area contributed by atoms with Crippen molar-refractivity contribution in [2.75, 3.05) is 32.2 Å². The number of carbonyl (C=O) groups excluding carboxylic acids is 3. The highest BCUT2D eigenvalue weighted by Crippen LogP contribution is 2.40. The van der Waals surface area contributed by atoms with Gasteiger partial charge in [0.15, 0.2) is 12.2 Å². The van der Waals surface area contributed by atoms with E-state index in [1.807, 2.05) is 47.9 Å². The lowest BCUT2D eigenvalue weighted by Gasteiger charge is -2.40. The largest absolute Gasteiger partial charge is 0.497 e. The van der Waals surface area contributed by atoms with Gasteiger partial charge in [-0.15, -0.1) is 0 Å². The molecule has 3 amide bonds. The van der Waals surface area contributed by atoms with Crippen LogP contribution in [-0.4, -0.2) is 78.1 Å². The van der Waals surface area contributed by atoms with Gasteiger partial charge in [-0.1, -0.05) is 6.07 Å². The van der Waals surface area contributed by atoms with Gasteiger partial charge < -0.3 is 14.4 Å². The van der Waals surface area contributed by atoms with Gasteiger partial charge in [-0.05, 0) is 32.9 Å². The minimum atomic E-state index is -0.752. The number of carbonyl (C=O) groups is 3. The minimum Gasteiger partial charge on any atom is -0.497 e. The number of hydrogen-bond acceptors (Lipinski definition) is 8. The van der Waals surface area contributed by atoms with Gasteiger partial charge in [0.05, 0.1) is 19.4 Å². The van der Waals surface area contributed by atoms with Crippen molar-refractivity contribution in [2.24, 2.45) is 4.99 Å². The molecule has 0 radical (unpaired) electrons. The highest BCUT2D eigenvalue weighted by atomic mass is 16.5. The van der Waals surface area contributed by atoms with Crippen molar-refractivity contribution in [1.29, 1.82) is 0 Å². The number of nitrogens with zero attached hydrogens (tertiary/aromatic N) is 5. The fourth-order valence-corrected chi connectivity index (χ4v) is 4.15. The predicted octanol–water partition coefficient (Wildman–Crippen LogP) is 1.59. The molecule has 10 nitrogen and oxygen atoms in total. The van der Waals surface area contributed by atoms with E-state index in [1.54, 1.807) is 21.1 Å². The second-order valence-electron chi connectivity index (χ2n) is 7.49. The molecule has 2 unspecified atom stereocenters. The van der Waals surface area contributed by atoms with Gasteiger partial charge in [0.1, 0.15) is 12.3 Å². The molecule has 4 rings (SSSR count). The van der Waals surface area contributed by atoms with Crippen LogP contribution in [0.3, 0.4) is 0 Å². The first-order valence-corrected chi connectivity index (χ1v) is 10.0. The Morgan fingerprint density at radius 3 is 2.61 bits per heavy atom. The molecule has 2 atom stereocenters. The maximum absolute atomic E-state index is 13.3. The van der Waals surface area contributed by atoms with E-state index in [9.17, 15) is 14.4 Å². The van der Waals surface area contributed by atoms with Crippen molar-refractivity contribution >= 4 is 29.6 Å². The number of fused-ring (bicyclic) bond motifs is 3. The maximum Gasteiger partial charge on any atom is 0.328 e. The Morgan fingerprint density at radius 1 is 1.19 bits per heavy atom. The van der Waals surface area contributed by atoms with E-state index in [1.165, 1.54) is 4.90 Å². The first-order chi connectivity index (χ1) is 14.8. The predicted molar refractivity (Wildman–Crippen MR) is 112 cm³/mol. The quantitative estimate of drug-likeness (QED) is 0.659. The zero-order valence-corrected chi connectivity index (χ0v) is 18.2. The van der Waals surface area contributed by atoms with Crippen molar-refractivity contribution in [3.63, 3.8) is 0 Å². The highest BCUT2D eigenvalue weighted by molar-refractivity contribution is 6.11. The van der Waals surface area contributed by atoms with E-state index in [0.29, 0.717) is 11.7 Å². The molecule has 1 aromatic rings. The van der Waals surface area contributed by atoms with Crippen molar-refractivity contribution in [3.05, 3.63) is 35.7 Å². The number of anilines is 1. The second kappa shape index (κ2) is 7.60. The standard InChI is InChI=1S/C21H25N5O5/c1-6-31-16(27)11-24-19(28)17-18(23(4)21(24)29)22-20-25(12(2)13(3)26(17)20)14-8-7-9-15(10-14)30-5/h7-10,17-18H,6,11H2,1-5H3. The zero-order valence-electron chi connectivity index (χ0n) is 18.2. The minimum absolute atomic E-state index is 0.173. The third kappa shape index (κ3) is 3.09. The lowest BCUT2D eigenvalue weighted by molar-refractivity contribution is -0.150. The summed E-state index contributed by atoms with van der Waals surface area (Å²) in [6.45, 7) is 5.28. The summed E-state index contributed by atoms with van der Waals surface area (Å²) in [5.41, 5.74) is 2.59. The molecule has 0 N–H and O–H groups in total. The summed E-state index contributed by atoms with van der Waals surface area (Å²) >= 11 is 0. The molecule has 31 heavy (non-hydrogen) atoms. The number of imide groups is 1. The average molecular weight is 427 g/mol. The number of methoxy groups -OCH3 is 1. The maximum atomic E-state index is 13.3. The average Bonchev–Trinajstić information content (AvgIpc) is 3.25. The molecule has 0 saturated carbocycles. The normalized spacial score (nSPS) is 22.7. The summed E-state index contributed by atoms with van der Waals surface area (Å²) in [7, 11) is 3.18. The van der Waals surface area contributed by atoms with Crippen LogP contribution in [0.25, 0.3) is 0 Å². The number of hydrogen-bond donors (Lipinski definition) is 0. The van der Waals surface area contributed by atoms with Crippen molar-refractivity contribution in [2.45, 2.75) is 33.0 Å². The molecule has 10 heteroatoms. The van der Waals surface area contributed by atoms with Crippen LogP contribution < -0.4 is 9.64 Å². The first kappa shape index (κ1) is 20.7. The van der Waals surface area contributed by atoms with Crippen LogP contribution in [0.1, 0.15) is 20.8 Å². The molecule has 0 spiro atoms. The molecule has 1 saturated heterocycles. The van der Waals surface area contributed by atoms with E-state index < -0.39 is 36.7 Å². The van der Waals surface area contributed by atoms with Crippen LogP contribution in [0.2, 0.25) is 0 Å². The molecule has 3 aliphatic rings. The number of guanidine groups is 1. The molecular formula is C21H25N5O5. The highest BCUT2D eigenvalue weighted by Gasteiger charge is 2.56. The van der Waals surface area contributed by atoms with E-state index in [-0.39, 0.29) is 6.61 Å². The van der Waals surface area contributed by atoms with Gasteiger partial charge in [0.2, 0.25) is 5.96 Å². The van der Waals surface area contributed by atoms with Gasteiger partial charge in [0, 0.05) is 24.5 Å². The van der Waals surface area contributed by atoms with Crippen LogP contribution in [0.15, 0.2) is 40.7 Å². The monoisotopic (exact) mass is 427 g/mol. The van der Waals surface area contributed by atoms with Gasteiger partial charge in [0.25, 0.3) is 5.91 Å². The number of likely N-dealkylation sites (N-methyl/N-ethyl adjacent to an activating group) is 1.